The first kappa shape index (κ1) is 20.6. The average Bonchev–Trinajstić information content (AvgIpc) is 3.15. The predicted octanol–water partition coefficient (Wildman–Crippen LogP) is 3.81. The second-order valence-corrected chi connectivity index (χ2v) is 7.20. The monoisotopic (exact) mass is 423 g/mol. The SMILES string of the molecule is COc1ccc(-n2nnnc2SC(C)C(=O)Nc2ccc(C(F)(F)F)cc2)cc1. The smallest absolute Gasteiger partial charge is 0.416 e. The van der Waals surface area contributed by atoms with Gasteiger partial charge in [0.2, 0.25) is 11.1 Å². The van der Waals surface area contributed by atoms with Gasteiger partial charge < -0.3 is 10.1 Å². The van der Waals surface area contributed by atoms with Crippen LogP contribution in [0.5, 0.6) is 5.75 Å². The van der Waals surface area contributed by atoms with Gasteiger partial charge >= 0.3 is 6.18 Å². The highest BCUT2D eigenvalue weighted by Crippen LogP contribution is 2.30. The molecule has 0 saturated carbocycles. The van der Waals surface area contributed by atoms with Crippen molar-refractivity contribution in [2.75, 3.05) is 12.4 Å². The number of alkyl halides is 3. The number of anilines is 1. The zero-order valence-electron chi connectivity index (χ0n) is 15.3. The van der Waals surface area contributed by atoms with E-state index in [0.29, 0.717) is 16.6 Å². The molecule has 1 N–H and O–H groups in total. The highest BCUT2D eigenvalue weighted by atomic mass is 32.2. The molecule has 0 spiro atoms. The minimum absolute atomic E-state index is 0.269. The zero-order chi connectivity index (χ0) is 21.0. The maximum atomic E-state index is 12.6. The molecule has 0 aliphatic rings. The van der Waals surface area contributed by atoms with E-state index in [1.165, 1.54) is 16.8 Å². The van der Waals surface area contributed by atoms with Crippen LogP contribution in [0.15, 0.2) is 53.7 Å². The van der Waals surface area contributed by atoms with Crippen molar-refractivity contribution in [3.63, 3.8) is 0 Å². The number of rotatable bonds is 6. The molecule has 3 rings (SSSR count). The number of nitrogens with zero attached hydrogens (tertiary/aromatic N) is 4. The summed E-state index contributed by atoms with van der Waals surface area (Å²) in [6, 6.07) is 11.3. The third kappa shape index (κ3) is 5.05. The van der Waals surface area contributed by atoms with Gasteiger partial charge in [0.05, 0.1) is 23.6 Å². The highest BCUT2D eigenvalue weighted by Gasteiger charge is 2.30. The molecule has 0 aliphatic carbocycles. The Hall–Kier alpha value is -3.08. The molecule has 1 heterocycles. The third-order valence-corrected chi connectivity index (χ3v) is 4.92. The molecule has 1 unspecified atom stereocenters. The quantitative estimate of drug-likeness (QED) is 0.608. The van der Waals surface area contributed by atoms with Crippen LogP contribution in [0.3, 0.4) is 0 Å². The maximum absolute atomic E-state index is 12.6. The molecule has 1 atom stereocenters. The number of hydrogen-bond acceptors (Lipinski definition) is 6. The van der Waals surface area contributed by atoms with Crippen LogP contribution in [0.1, 0.15) is 12.5 Å². The lowest BCUT2D eigenvalue weighted by Crippen LogP contribution is -2.23. The van der Waals surface area contributed by atoms with Crippen LogP contribution in [0.2, 0.25) is 0 Å². The van der Waals surface area contributed by atoms with E-state index in [1.54, 1.807) is 38.3 Å². The largest absolute Gasteiger partial charge is 0.497 e. The summed E-state index contributed by atoms with van der Waals surface area (Å²) in [5, 5.41) is 13.9. The number of methoxy groups -OCH3 is 1. The van der Waals surface area contributed by atoms with Crippen LogP contribution in [0.4, 0.5) is 18.9 Å². The Morgan fingerprint density at radius 3 is 2.38 bits per heavy atom. The van der Waals surface area contributed by atoms with Gasteiger partial charge in [-0.25, -0.2) is 0 Å². The number of hydrogen-bond donors (Lipinski definition) is 1. The Balaban J connectivity index is 1.66. The minimum atomic E-state index is -4.43. The number of carbonyl (C=O) groups excluding carboxylic acids is 1. The number of amides is 1. The predicted molar refractivity (Wildman–Crippen MR) is 101 cm³/mol. The summed E-state index contributed by atoms with van der Waals surface area (Å²) in [6.07, 6.45) is -4.43. The second-order valence-electron chi connectivity index (χ2n) is 5.90. The van der Waals surface area contributed by atoms with E-state index < -0.39 is 17.0 Å². The van der Waals surface area contributed by atoms with Crippen molar-refractivity contribution >= 4 is 23.4 Å². The molecule has 0 fully saturated rings. The third-order valence-electron chi connectivity index (χ3n) is 3.89. The summed E-state index contributed by atoms with van der Waals surface area (Å²) in [5.74, 6) is 0.291. The first-order chi connectivity index (χ1) is 13.8. The van der Waals surface area contributed by atoms with Crippen LogP contribution in [-0.2, 0) is 11.0 Å². The Kier molecular flexibility index (Phi) is 6.06. The molecule has 2 aromatic carbocycles. The molecule has 3 aromatic rings. The number of ether oxygens (including phenoxy) is 1. The lowest BCUT2D eigenvalue weighted by molar-refractivity contribution is -0.137. The summed E-state index contributed by atoms with van der Waals surface area (Å²) in [5.41, 5.74) is 0.176. The summed E-state index contributed by atoms with van der Waals surface area (Å²) >= 11 is 1.12. The van der Waals surface area contributed by atoms with Crippen molar-refractivity contribution in [2.45, 2.75) is 23.5 Å². The van der Waals surface area contributed by atoms with Gasteiger partial charge in [-0.05, 0) is 65.9 Å². The van der Waals surface area contributed by atoms with Crippen LogP contribution in [0, 0.1) is 0 Å². The van der Waals surface area contributed by atoms with Gasteiger partial charge in [0.15, 0.2) is 0 Å². The summed E-state index contributed by atoms with van der Waals surface area (Å²) in [6.45, 7) is 1.65. The lowest BCUT2D eigenvalue weighted by Gasteiger charge is -2.13. The standard InChI is InChI=1S/C18H16F3N5O2S/c1-11(16(27)22-13-5-3-12(4-6-13)18(19,20)21)29-17-23-24-25-26(17)14-7-9-15(28-2)10-8-14/h3-11H,1-2H3,(H,22,27). The zero-order valence-corrected chi connectivity index (χ0v) is 16.2. The first-order valence-electron chi connectivity index (χ1n) is 8.35. The number of nitrogens with one attached hydrogen (secondary N) is 1. The molecule has 0 radical (unpaired) electrons. The summed E-state index contributed by atoms with van der Waals surface area (Å²) < 4.78 is 44.5. The van der Waals surface area contributed by atoms with Crippen LogP contribution >= 0.6 is 11.8 Å². The number of halogens is 3. The number of carbonyl (C=O) groups is 1. The first-order valence-corrected chi connectivity index (χ1v) is 9.23. The van der Waals surface area contributed by atoms with Crippen LogP contribution in [0.25, 0.3) is 5.69 Å². The highest BCUT2D eigenvalue weighted by molar-refractivity contribution is 8.00. The van der Waals surface area contributed by atoms with Gasteiger partial charge in [-0.1, -0.05) is 11.8 Å². The van der Waals surface area contributed by atoms with Gasteiger partial charge in [-0.3, -0.25) is 4.79 Å². The number of aromatic nitrogens is 4. The van der Waals surface area contributed by atoms with Crippen molar-refractivity contribution < 1.29 is 22.7 Å². The molecule has 29 heavy (non-hydrogen) atoms. The Morgan fingerprint density at radius 1 is 1.14 bits per heavy atom. The van der Waals surface area contributed by atoms with Gasteiger partial charge in [0.25, 0.3) is 0 Å². The topological polar surface area (TPSA) is 81.9 Å². The maximum Gasteiger partial charge on any atom is 0.416 e. The number of tetrazole rings is 1. The van der Waals surface area contributed by atoms with E-state index >= 15 is 0 Å². The average molecular weight is 423 g/mol. The van der Waals surface area contributed by atoms with E-state index in [1.807, 2.05) is 0 Å². The molecule has 152 valence electrons. The van der Waals surface area contributed by atoms with Crippen molar-refractivity contribution in [3.8, 4) is 11.4 Å². The molecule has 1 aromatic heterocycles. The molecule has 11 heteroatoms. The van der Waals surface area contributed by atoms with Gasteiger partial charge in [0.1, 0.15) is 5.75 Å². The number of thioether (sulfide) groups is 1. The molecule has 0 saturated heterocycles. The van der Waals surface area contributed by atoms with Gasteiger partial charge in [-0.15, -0.1) is 5.10 Å². The lowest BCUT2D eigenvalue weighted by atomic mass is 10.2. The molecule has 1 amide bonds. The fourth-order valence-corrected chi connectivity index (χ4v) is 3.14. The van der Waals surface area contributed by atoms with Gasteiger partial charge in [-0.2, -0.15) is 17.9 Å². The van der Waals surface area contributed by atoms with Crippen LogP contribution < -0.4 is 10.1 Å². The van der Waals surface area contributed by atoms with E-state index in [9.17, 15) is 18.0 Å². The van der Waals surface area contributed by atoms with Crippen molar-refractivity contribution in [1.82, 2.24) is 20.2 Å². The molecule has 7 nitrogen and oxygen atoms in total. The van der Waals surface area contributed by atoms with Gasteiger partial charge in [0, 0.05) is 5.69 Å². The molecular weight excluding hydrogens is 407 g/mol. The summed E-state index contributed by atoms with van der Waals surface area (Å²) in [7, 11) is 1.56. The van der Waals surface area contributed by atoms with E-state index in [4.69, 9.17) is 4.74 Å². The Labute approximate surface area is 168 Å². The fourth-order valence-electron chi connectivity index (χ4n) is 2.34. The molecule has 0 bridgehead atoms. The fraction of sp³-hybridized carbons (Fsp3) is 0.222. The Morgan fingerprint density at radius 2 is 1.79 bits per heavy atom. The normalized spacial score (nSPS) is 12.4. The van der Waals surface area contributed by atoms with Crippen LogP contribution in [-0.4, -0.2) is 38.5 Å². The van der Waals surface area contributed by atoms with E-state index in [0.717, 1.165) is 23.9 Å². The number of benzene rings is 2. The second kappa shape index (κ2) is 8.52. The van der Waals surface area contributed by atoms with Crippen molar-refractivity contribution in [2.24, 2.45) is 0 Å². The molecular formula is C18H16F3N5O2S. The minimum Gasteiger partial charge on any atom is -0.497 e. The molecule has 0 aliphatic heterocycles. The van der Waals surface area contributed by atoms with E-state index in [2.05, 4.69) is 20.8 Å². The van der Waals surface area contributed by atoms with Crippen molar-refractivity contribution in [3.05, 3.63) is 54.1 Å². The van der Waals surface area contributed by atoms with Crippen molar-refractivity contribution in [1.29, 1.82) is 0 Å². The Bertz CT molecular complexity index is 974. The van der Waals surface area contributed by atoms with E-state index in [-0.39, 0.29) is 11.6 Å². The summed E-state index contributed by atoms with van der Waals surface area (Å²) in [4.78, 5) is 12.4.